The number of urea groups is 1. The minimum atomic E-state index is -1.13. The second kappa shape index (κ2) is 11.3. The number of hydrogen-bond donors (Lipinski definition) is 2. The Hall–Kier alpha value is -2.35. The van der Waals surface area contributed by atoms with E-state index in [1.807, 2.05) is 0 Å². The third-order valence-corrected chi connectivity index (χ3v) is 5.99. The van der Waals surface area contributed by atoms with Crippen LogP contribution in [0.3, 0.4) is 0 Å². The number of nitrogens with one attached hydrogen (secondary N) is 1. The number of β-amino-alcohol motifs (C(OH)–C–C–N with tert-alkyl or cyclic N) is 1. The van der Waals surface area contributed by atoms with E-state index in [-0.39, 0.29) is 31.4 Å². The molecule has 1 saturated heterocycles. The quantitative estimate of drug-likeness (QED) is 0.295. The van der Waals surface area contributed by atoms with Gasteiger partial charge in [0, 0.05) is 32.5 Å². The van der Waals surface area contributed by atoms with Gasteiger partial charge in [0.2, 0.25) is 5.91 Å². The molecule has 2 aliphatic rings. The summed E-state index contributed by atoms with van der Waals surface area (Å²) in [5.41, 5.74) is -1.13. The van der Waals surface area contributed by atoms with E-state index in [9.17, 15) is 19.5 Å². The number of amides is 3. The standard InChI is InChI=1S/C23H37N3O5/c1-5-8-9-10-11-12-13-25(4)20(28)19-14-18(27)16-26(19)22(30)24-23(15-17(23)6-2)21(29)31-7-3/h6,8-9,17-19,27H,2,5,7,10-16H2,1,3-4H3,(H,24,30)/t17?,18?,19?,23-/m1/s1. The van der Waals surface area contributed by atoms with Crippen LogP contribution in [0, 0.1) is 5.92 Å². The molecule has 0 bridgehead atoms. The van der Waals surface area contributed by atoms with Gasteiger partial charge < -0.3 is 25.0 Å². The Labute approximate surface area is 185 Å². The fraction of sp³-hybridized carbons (Fsp3) is 0.696. The van der Waals surface area contributed by atoms with Crippen LogP contribution in [0.1, 0.15) is 52.4 Å². The zero-order valence-electron chi connectivity index (χ0n) is 19.0. The molecule has 8 heteroatoms. The molecule has 0 aromatic heterocycles. The lowest BCUT2D eigenvalue weighted by molar-refractivity contribution is -0.147. The summed E-state index contributed by atoms with van der Waals surface area (Å²) in [6, 6.07) is -1.29. The summed E-state index contributed by atoms with van der Waals surface area (Å²) in [7, 11) is 1.72. The molecule has 2 rings (SSSR count). The summed E-state index contributed by atoms with van der Waals surface area (Å²) in [6.45, 7) is 8.37. The number of carbonyl (C=O) groups is 3. The number of carbonyl (C=O) groups excluding carboxylic acids is 3. The van der Waals surface area contributed by atoms with Crippen molar-refractivity contribution in [2.45, 2.75) is 70.1 Å². The van der Waals surface area contributed by atoms with E-state index < -0.39 is 29.7 Å². The first kappa shape index (κ1) is 24.9. The molecule has 1 heterocycles. The first-order chi connectivity index (χ1) is 14.8. The molecule has 2 N–H and O–H groups in total. The number of esters is 1. The Kier molecular flexibility index (Phi) is 9.10. The number of likely N-dealkylation sites (tertiary alicyclic amines) is 1. The minimum Gasteiger partial charge on any atom is -0.464 e. The van der Waals surface area contributed by atoms with Gasteiger partial charge in [0.25, 0.3) is 0 Å². The van der Waals surface area contributed by atoms with E-state index >= 15 is 0 Å². The summed E-state index contributed by atoms with van der Waals surface area (Å²) in [5.74, 6) is -0.899. The molecule has 3 amide bonds. The topological polar surface area (TPSA) is 99.2 Å². The summed E-state index contributed by atoms with van der Waals surface area (Å²) in [4.78, 5) is 41.4. The summed E-state index contributed by atoms with van der Waals surface area (Å²) in [5, 5.41) is 12.9. The lowest BCUT2D eigenvalue weighted by atomic mass is 10.1. The molecule has 8 nitrogen and oxygen atoms in total. The highest BCUT2D eigenvalue weighted by Gasteiger charge is 2.62. The van der Waals surface area contributed by atoms with Crippen molar-refractivity contribution in [3.8, 4) is 0 Å². The number of unbranched alkanes of at least 4 members (excludes halogenated alkanes) is 2. The van der Waals surface area contributed by atoms with Gasteiger partial charge >= 0.3 is 12.0 Å². The molecule has 1 aliphatic carbocycles. The van der Waals surface area contributed by atoms with Crippen molar-refractivity contribution in [1.82, 2.24) is 15.1 Å². The molecule has 0 aromatic rings. The fourth-order valence-corrected chi connectivity index (χ4v) is 4.06. The molecule has 4 atom stereocenters. The smallest absolute Gasteiger partial charge is 0.332 e. The number of aliphatic hydroxyl groups excluding tert-OH is 1. The van der Waals surface area contributed by atoms with Crippen LogP contribution in [-0.2, 0) is 14.3 Å². The number of aliphatic hydroxyl groups is 1. The van der Waals surface area contributed by atoms with Crippen LogP contribution in [-0.4, -0.2) is 77.2 Å². The van der Waals surface area contributed by atoms with Crippen molar-refractivity contribution in [3.63, 3.8) is 0 Å². The second-order valence-electron chi connectivity index (χ2n) is 8.36. The van der Waals surface area contributed by atoms with Crippen LogP contribution >= 0.6 is 0 Å². The van der Waals surface area contributed by atoms with Gasteiger partial charge in [-0.1, -0.05) is 25.2 Å². The first-order valence-corrected chi connectivity index (χ1v) is 11.3. The maximum atomic E-state index is 13.0. The van der Waals surface area contributed by atoms with Gasteiger partial charge in [-0.3, -0.25) is 4.79 Å². The lowest BCUT2D eigenvalue weighted by Crippen LogP contribution is -2.55. The van der Waals surface area contributed by atoms with Gasteiger partial charge in [0.1, 0.15) is 11.6 Å². The minimum absolute atomic E-state index is 0.0511. The maximum absolute atomic E-state index is 13.0. The summed E-state index contributed by atoms with van der Waals surface area (Å²) in [6.07, 6.45) is 9.58. The number of nitrogens with zero attached hydrogens (tertiary/aromatic N) is 2. The van der Waals surface area contributed by atoms with Crippen LogP contribution in [0.5, 0.6) is 0 Å². The molecule has 1 saturated carbocycles. The van der Waals surface area contributed by atoms with Gasteiger partial charge in [-0.25, -0.2) is 9.59 Å². The molecule has 174 valence electrons. The van der Waals surface area contributed by atoms with Crippen LogP contribution in [0.15, 0.2) is 24.8 Å². The predicted molar refractivity (Wildman–Crippen MR) is 118 cm³/mol. The van der Waals surface area contributed by atoms with E-state index in [4.69, 9.17) is 4.74 Å². The number of allylic oxidation sites excluding steroid dienone is 2. The van der Waals surface area contributed by atoms with Crippen molar-refractivity contribution in [2.75, 3.05) is 26.7 Å². The monoisotopic (exact) mass is 435 g/mol. The third kappa shape index (κ3) is 6.09. The average molecular weight is 436 g/mol. The number of hydrogen-bond acceptors (Lipinski definition) is 5. The zero-order valence-corrected chi connectivity index (χ0v) is 19.0. The first-order valence-electron chi connectivity index (χ1n) is 11.3. The molecule has 0 spiro atoms. The second-order valence-corrected chi connectivity index (χ2v) is 8.36. The predicted octanol–water partition coefficient (Wildman–Crippen LogP) is 2.23. The van der Waals surface area contributed by atoms with Gasteiger partial charge in [0.05, 0.1) is 12.7 Å². The Bertz CT molecular complexity index is 695. The maximum Gasteiger partial charge on any atom is 0.332 e. The van der Waals surface area contributed by atoms with E-state index in [2.05, 4.69) is 31.0 Å². The molecule has 1 aliphatic heterocycles. The highest BCUT2D eigenvalue weighted by atomic mass is 16.5. The molecule has 3 unspecified atom stereocenters. The zero-order chi connectivity index (χ0) is 23.0. The van der Waals surface area contributed by atoms with E-state index in [1.165, 1.54) is 4.90 Å². The van der Waals surface area contributed by atoms with Crippen LogP contribution < -0.4 is 5.32 Å². The number of ether oxygens (including phenoxy) is 1. The molecular formula is C23H37N3O5. The fourth-order valence-electron chi connectivity index (χ4n) is 4.06. The van der Waals surface area contributed by atoms with Crippen LogP contribution in [0.2, 0.25) is 0 Å². The van der Waals surface area contributed by atoms with Crippen molar-refractivity contribution in [3.05, 3.63) is 24.8 Å². The molecular weight excluding hydrogens is 398 g/mol. The number of rotatable bonds is 11. The Morgan fingerprint density at radius 3 is 2.65 bits per heavy atom. The van der Waals surface area contributed by atoms with Gasteiger partial charge in [-0.15, -0.1) is 6.58 Å². The number of likely N-dealkylation sites (N-methyl/N-ethyl adjacent to an activating group) is 1. The van der Waals surface area contributed by atoms with Gasteiger partial charge in [0.15, 0.2) is 0 Å². The average Bonchev–Trinajstić information content (AvgIpc) is 3.32. The normalized spacial score (nSPS) is 27.2. The Morgan fingerprint density at radius 1 is 1.29 bits per heavy atom. The van der Waals surface area contributed by atoms with E-state index in [1.54, 1.807) is 24.9 Å². The molecule has 2 fully saturated rings. The van der Waals surface area contributed by atoms with Crippen LogP contribution in [0.25, 0.3) is 0 Å². The molecule has 31 heavy (non-hydrogen) atoms. The Morgan fingerprint density at radius 2 is 2.03 bits per heavy atom. The Balaban J connectivity index is 1.97. The van der Waals surface area contributed by atoms with E-state index in [0.717, 1.165) is 25.7 Å². The van der Waals surface area contributed by atoms with Crippen LogP contribution in [0.4, 0.5) is 4.79 Å². The van der Waals surface area contributed by atoms with Crippen molar-refractivity contribution < 1.29 is 24.2 Å². The van der Waals surface area contributed by atoms with Crippen molar-refractivity contribution in [1.29, 1.82) is 0 Å². The highest BCUT2D eigenvalue weighted by molar-refractivity contribution is 5.93. The largest absolute Gasteiger partial charge is 0.464 e. The summed E-state index contributed by atoms with van der Waals surface area (Å²) < 4.78 is 5.13. The van der Waals surface area contributed by atoms with Gasteiger partial charge in [-0.05, 0) is 39.0 Å². The van der Waals surface area contributed by atoms with E-state index in [0.29, 0.717) is 13.0 Å². The SMILES string of the molecule is C=CC1C[C@]1(NC(=O)N1CC(O)CC1C(=O)N(C)CCCCC=CCC)C(=O)OCC. The van der Waals surface area contributed by atoms with Crippen molar-refractivity contribution >= 4 is 17.9 Å². The van der Waals surface area contributed by atoms with Gasteiger partial charge in [-0.2, -0.15) is 0 Å². The highest BCUT2D eigenvalue weighted by Crippen LogP contribution is 2.45. The molecule has 0 radical (unpaired) electrons. The van der Waals surface area contributed by atoms with Crippen molar-refractivity contribution in [2.24, 2.45) is 5.92 Å². The lowest BCUT2D eigenvalue weighted by Gasteiger charge is -2.29. The molecule has 0 aromatic carbocycles. The third-order valence-electron chi connectivity index (χ3n) is 5.99. The summed E-state index contributed by atoms with van der Waals surface area (Å²) >= 11 is 0.